The Kier molecular flexibility index (Phi) is 6.26. The third-order valence-electron chi connectivity index (χ3n) is 4.55. The molecule has 2 aromatic rings. The molecular formula is C23H25NO2. The number of rotatable bonds is 7. The van der Waals surface area contributed by atoms with Crippen molar-refractivity contribution in [2.75, 3.05) is 18.5 Å². The van der Waals surface area contributed by atoms with Gasteiger partial charge in [-0.15, -0.1) is 0 Å². The summed E-state index contributed by atoms with van der Waals surface area (Å²) < 4.78 is 5.44. The van der Waals surface area contributed by atoms with E-state index in [0.29, 0.717) is 13.2 Å². The van der Waals surface area contributed by atoms with E-state index >= 15 is 0 Å². The summed E-state index contributed by atoms with van der Waals surface area (Å²) in [6.07, 6.45) is 7.74. The van der Waals surface area contributed by atoms with Gasteiger partial charge < -0.3 is 10.1 Å². The second-order valence-electron chi connectivity index (χ2n) is 6.40. The van der Waals surface area contributed by atoms with Crippen LogP contribution in [0.15, 0.2) is 72.3 Å². The SMILES string of the molecule is CCOc1ccc(NCC2CC/C(=C/C=C/c3ccccc3)C2=O)cc1. The third kappa shape index (κ3) is 4.85. The molecule has 0 spiro atoms. The van der Waals surface area contributed by atoms with Crippen molar-refractivity contribution in [1.82, 2.24) is 0 Å². The summed E-state index contributed by atoms with van der Waals surface area (Å²) >= 11 is 0. The Morgan fingerprint density at radius 2 is 1.88 bits per heavy atom. The first-order valence-electron chi connectivity index (χ1n) is 9.19. The van der Waals surface area contributed by atoms with Gasteiger partial charge in [0.25, 0.3) is 0 Å². The molecule has 1 atom stereocenters. The maximum atomic E-state index is 12.5. The van der Waals surface area contributed by atoms with Crippen molar-refractivity contribution < 1.29 is 9.53 Å². The van der Waals surface area contributed by atoms with Crippen LogP contribution in [0.2, 0.25) is 0 Å². The van der Waals surface area contributed by atoms with Gasteiger partial charge in [0.15, 0.2) is 5.78 Å². The normalized spacial score (nSPS) is 18.6. The minimum absolute atomic E-state index is 0.0537. The van der Waals surface area contributed by atoms with Crippen molar-refractivity contribution in [2.24, 2.45) is 5.92 Å². The zero-order valence-electron chi connectivity index (χ0n) is 15.2. The molecule has 26 heavy (non-hydrogen) atoms. The Balaban J connectivity index is 1.52. The van der Waals surface area contributed by atoms with Crippen LogP contribution in [0.4, 0.5) is 5.69 Å². The second-order valence-corrected chi connectivity index (χ2v) is 6.40. The van der Waals surface area contributed by atoms with Gasteiger partial charge >= 0.3 is 0 Å². The zero-order chi connectivity index (χ0) is 18.2. The molecule has 0 aliphatic heterocycles. The van der Waals surface area contributed by atoms with E-state index in [4.69, 9.17) is 4.74 Å². The summed E-state index contributed by atoms with van der Waals surface area (Å²) in [7, 11) is 0. The molecule has 1 fully saturated rings. The molecule has 3 heteroatoms. The Hall–Kier alpha value is -2.81. The average molecular weight is 347 g/mol. The van der Waals surface area contributed by atoms with Crippen LogP contribution in [0, 0.1) is 5.92 Å². The summed E-state index contributed by atoms with van der Waals surface area (Å²) in [4.78, 5) is 12.5. The average Bonchev–Trinajstić information content (AvgIpc) is 3.02. The summed E-state index contributed by atoms with van der Waals surface area (Å²) in [5, 5.41) is 3.37. The number of allylic oxidation sites excluding steroid dienone is 3. The van der Waals surface area contributed by atoms with Crippen LogP contribution in [0.1, 0.15) is 25.3 Å². The number of benzene rings is 2. The minimum Gasteiger partial charge on any atom is -0.494 e. The number of Topliss-reactive ketones (excluding diaryl/α,β-unsaturated/α-hetero) is 1. The van der Waals surface area contributed by atoms with E-state index in [-0.39, 0.29) is 11.7 Å². The van der Waals surface area contributed by atoms with Gasteiger partial charge in [-0.1, -0.05) is 48.6 Å². The number of ether oxygens (including phenoxy) is 1. The molecule has 3 rings (SSSR count). The number of anilines is 1. The van der Waals surface area contributed by atoms with Crippen LogP contribution >= 0.6 is 0 Å². The summed E-state index contributed by atoms with van der Waals surface area (Å²) in [5.41, 5.74) is 3.09. The van der Waals surface area contributed by atoms with Crippen molar-refractivity contribution in [3.8, 4) is 5.75 Å². The van der Waals surface area contributed by atoms with Gasteiger partial charge in [0.05, 0.1) is 6.61 Å². The fourth-order valence-electron chi connectivity index (χ4n) is 3.12. The van der Waals surface area contributed by atoms with Crippen LogP contribution < -0.4 is 10.1 Å². The zero-order valence-corrected chi connectivity index (χ0v) is 15.2. The third-order valence-corrected chi connectivity index (χ3v) is 4.55. The lowest BCUT2D eigenvalue weighted by Crippen LogP contribution is -2.18. The lowest BCUT2D eigenvalue weighted by Gasteiger charge is -2.11. The molecular weight excluding hydrogens is 322 g/mol. The number of carbonyl (C=O) groups is 1. The summed E-state index contributed by atoms with van der Waals surface area (Å²) in [5.74, 6) is 1.18. The molecule has 0 amide bonds. The molecule has 1 unspecified atom stereocenters. The van der Waals surface area contributed by atoms with Crippen LogP contribution in [-0.4, -0.2) is 18.9 Å². The van der Waals surface area contributed by atoms with Gasteiger partial charge in [-0.05, 0) is 55.2 Å². The molecule has 0 radical (unpaired) electrons. The van der Waals surface area contributed by atoms with Crippen LogP contribution in [-0.2, 0) is 4.79 Å². The van der Waals surface area contributed by atoms with Crippen molar-refractivity contribution in [3.05, 3.63) is 77.9 Å². The van der Waals surface area contributed by atoms with Crippen LogP contribution in [0.25, 0.3) is 6.08 Å². The minimum atomic E-state index is 0.0537. The van der Waals surface area contributed by atoms with Crippen molar-refractivity contribution in [3.63, 3.8) is 0 Å². The predicted octanol–water partition coefficient (Wildman–Crippen LogP) is 5.12. The molecule has 1 N–H and O–H groups in total. The first kappa shape index (κ1) is 18.0. The summed E-state index contributed by atoms with van der Waals surface area (Å²) in [6, 6.07) is 18.0. The van der Waals surface area contributed by atoms with E-state index < -0.39 is 0 Å². The van der Waals surface area contributed by atoms with Gasteiger partial charge in [-0.3, -0.25) is 4.79 Å². The number of ketones is 1. The Bertz CT molecular complexity index is 776. The van der Waals surface area contributed by atoms with Gasteiger partial charge in [0.1, 0.15) is 5.75 Å². The largest absolute Gasteiger partial charge is 0.494 e. The van der Waals surface area contributed by atoms with E-state index in [1.54, 1.807) is 0 Å². The highest BCUT2D eigenvalue weighted by molar-refractivity contribution is 6.00. The van der Waals surface area contributed by atoms with Crippen molar-refractivity contribution in [2.45, 2.75) is 19.8 Å². The van der Waals surface area contributed by atoms with E-state index in [9.17, 15) is 4.79 Å². The first-order chi connectivity index (χ1) is 12.8. The number of hydrogen-bond donors (Lipinski definition) is 1. The quantitative estimate of drug-likeness (QED) is 0.707. The highest BCUT2D eigenvalue weighted by Gasteiger charge is 2.28. The van der Waals surface area contributed by atoms with Gasteiger partial charge in [0, 0.05) is 18.2 Å². The molecule has 2 aromatic carbocycles. The number of hydrogen-bond acceptors (Lipinski definition) is 3. The first-order valence-corrected chi connectivity index (χ1v) is 9.19. The molecule has 1 saturated carbocycles. The number of carbonyl (C=O) groups excluding carboxylic acids is 1. The highest BCUT2D eigenvalue weighted by Crippen LogP contribution is 2.27. The molecule has 0 heterocycles. The molecule has 3 nitrogen and oxygen atoms in total. The van der Waals surface area contributed by atoms with E-state index in [1.807, 2.05) is 67.6 Å². The molecule has 0 bridgehead atoms. The Morgan fingerprint density at radius 1 is 1.12 bits per heavy atom. The van der Waals surface area contributed by atoms with Crippen LogP contribution in [0.5, 0.6) is 5.75 Å². The topological polar surface area (TPSA) is 38.3 Å². The fourth-order valence-corrected chi connectivity index (χ4v) is 3.12. The number of nitrogens with one attached hydrogen (secondary N) is 1. The summed E-state index contributed by atoms with van der Waals surface area (Å²) in [6.45, 7) is 3.31. The van der Waals surface area contributed by atoms with Gasteiger partial charge in [-0.2, -0.15) is 0 Å². The molecule has 0 saturated heterocycles. The maximum Gasteiger partial charge on any atom is 0.163 e. The molecule has 1 aliphatic carbocycles. The smallest absolute Gasteiger partial charge is 0.163 e. The maximum absolute atomic E-state index is 12.5. The Morgan fingerprint density at radius 3 is 2.62 bits per heavy atom. The van der Waals surface area contributed by atoms with Crippen molar-refractivity contribution in [1.29, 1.82) is 0 Å². The van der Waals surface area contributed by atoms with Crippen molar-refractivity contribution >= 4 is 17.5 Å². The fraction of sp³-hybridized carbons (Fsp3) is 0.261. The highest BCUT2D eigenvalue weighted by atomic mass is 16.5. The van der Waals surface area contributed by atoms with E-state index in [1.165, 1.54) is 0 Å². The van der Waals surface area contributed by atoms with E-state index in [0.717, 1.165) is 35.4 Å². The van der Waals surface area contributed by atoms with Gasteiger partial charge in [-0.25, -0.2) is 0 Å². The molecule has 0 aromatic heterocycles. The second kappa shape index (κ2) is 9.04. The Labute approximate surface area is 155 Å². The molecule has 134 valence electrons. The van der Waals surface area contributed by atoms with Gasteiger partial charge in [0.2, 0.25) is 0 Å². The van der Waals surface area contributed by atoms with E-state index in [2.05, 4.69) is 17.4 Å². The molecule has 1 aliphatic rings. The standard InChI is InChI=1S/C23H25NO2/c1-2-26-22-15-13-21(14-16-22)24-17-20-12-11-19(23(20)25)10-6-9-18-7-4-3-5-8-18/h3-10,13-16,20,24H,2,11-12,17H2,1H3/b9-6+,19-10-. The lowest BCUT2D eigenvalue weighted by molar-refractivity contribution is -0.117. The predicted molar refractivity (Wildman–Crippen MR) is 107 cm³/mol. The van der Waals surface area contributed by atoms with Crippen LogP contribution in [0.3, 0.4) is 0 Å². The monoisotopic (exact) mass is 347 g/mol. The lowest BCUT2D eigenvalue weighted by atomic mass is 10.1.